The molecule has 4 nitrogen and oxygen atoms in total. The van der Waals surface area contributed by atoms with Crippen LogP contribution in [0.5, 0.6) is 0 Å². The number of alkyl halides is 2. The van der Waals surface area contributed by atoms with Crippen molar-refractivity contribution >= 4 is 44.8 Å². The number of hydrogen-bond donors (Lipinski definition) is 1. The Balaban J connectivity index is 2.16. The van der Waals surface area contributed by atoms with Crippen LogP contribution in [0.25, 0.3) is 0 Å². The molecule has 1 atom stereocenters. The summed E-state index contributed by atoms with van der Waals surface area (Å²) in [6, 6.07) is 11.9. The molecule has 0 spiro atoms. The van der Waals surface area contributed by atoms with Crippen LogP contribution in [0.4, 0.5) is 14.5 Å². The smallest absolute Gasteiger partial charge is 0.324 e. The van der Waals surface area contributed by atoms with Crippen LogP contribution in [-0.2, 0) is 14.6 Å². The van der Waals surface area contributed by atoms with E-state index in [0.717, 1.165) is 11.0 Å². The molecule has 0 heterocycles. The zero-order valence-electron chi connectivity index (χ0n) is 12.9. The van der Waals surface area contributed by atoms with E-state index in [1.807, 2.05) is 0 Å². The first-order chi connectivity index (χ1) is 11.7. The fraction of sp³-hybridized carbons (Fsp3) is 0.188. The summed E-state index contributed by atoms with van der Waals surface area (Å²) in [5.41, 5.74) is -0.170. The fourth-order valence-corrected chi connectivity index (χ4v) is 3.80. The molecule has 1 unspecified atom stereocenters. The number of amides is 1. The van der Waals surface area contributed by atoms with Crippen molar-refractivity contribution in [2.24, 2.45) is 0 Å². The number of halogens is 3. The van der Waals surface area contributed by atoms with Gasteiger partial charge < -0.3 is 5.32 Å². The number of sulfone groups is 1. The zero-order valence-corrected chi connectivity index (χ0v) is 15.3. The third-order valence-electron chi connectivity index (χ3n) is 3.18. The normalized spacial score (nSPS) is 12.8. The second-order valence-corrected chi connectivity index (χ2v) is 8.74. The predicted molar refractivity (Wildman–Crippen MR) is 95.0 cm³/mol. The molecule has 0 saturated carbocycles. The third kappa shape index (κ3) is 4.93. The van der Waals surface area contributed by atoms with Crippen LogP contribution >= 0.6 is 23.4 Å². The molecule has 25 heavy (non-hydrogen) atoms. The minimum Gasteiger partial charge on any atom is -0.324 e. The van der Waals surface area contributed by atoms with Gasteiger partial charge in [0.1, 0.15) is 0 Å². The molecule has 9 heteroatoms. The predicted octanol–water partition coefficient (Wildman–Crippen LogP) is 4.46. The molecule has 1 N–H and O–H groups in total. The summed E-state index contributed by atoms with van der Waals surface area (Å²) >= 11 is 7.03. The highest BCUT2D eigenvalue weighted by molar-refractivity contribution is 8.00. The number of carbonyl (C=O) groups excluding carboxylic acids is 1. The maximum Gasteiger partial charge on any atom is 0.341 e. The number of carbonyl (C=O) groups is 1. The molecule has 134 valence electrons. The lowest BCUT2D eigenvalue weighted by Crippen LogP contribution is -2.24. The molecule has 2 rings (SSSR count). The van der Waals surface area contributed by atoms with Crippen LogP contribution < -0.4 is 5.32 Å². The maximum absolute atomic E-state index is 12.8. The number of anilines is 1. The third-order valence-corrected chi connectivity index (χ3v) is 5.98. The Morgan fingerprint density at radius 1 is 1.12 bits per heavy atom. The number of thioether (sulfide) groups is 1. The first kappa shape index (κ1) is 19.7. The number of nitrogens with one attached hydrogen (secondary N) is 1. The van der Waals surface area contributed by atoms with E-state index in [1.54, 1.807) is 31.2 Å². The van der Waals surface area contributed by atoms with Gasteiger partial charge in [0, 0.05) is 9.92 Å². The van der Waals surface area contributed by atoms with Gasteiger partial charge in [0.05, 0.1) is 15.8 Å². The molecular weight excluding hydrogens is 392 g/mol. The molecule has 0 bridgehead atoms. The van der Waals surface area contributed by atoms with E-state index in [1.165, 1.54) is 30.0 Å². The first-order valence-electron chi connectivity index (χ1n) is 7.06. The van der Waals surface area contributed by atoms with Gasteiger partial charge in [0.2, 0.25) is 15.7 Å². The molecular formula is C16H14ClF2NO3S2. The summed E-state index contributed by atoms with van der Waals surface area (Å²) in [6.45, 7) is 1.62. The largest absolute Gasteiger partial charge is 0.341 e. The SMILES string of the molecule is CC(Sc1ccc(Cl)cc1)C(=O)Nc1ccccc1S(=O)(=O)C(F)F. The van der Waals surface area contributed by atoms with Crippen molar-refractivity contribution in [3.8, 4) is 0 Å². The van der Waals surface area contributed by atoms with E-state index in [9.17, 15) is 22.0 Å². The molecule has 0 aliphatic rings. The van der Waals surface area contributed by atoms with Crippen LogP contribution in [-0.4, -0.2) is 25.3 Å². The molecule has 1 amide bonds. The molecule has 0 saturated heterocycles. The summed E-state index contributed by atoms with van der Waals surface area (Å²) in [6.07, 6.45) is 0. The second-order valence-electron chi connectivity index (χ2n) is 5.01. The average molecular weight is 406 g/mol. The Hall–Kier alpha value is -1.64. The monoisotopic (exact) mass is 405 g/mol. The van der Waals surface area contributed by atoms with E-state index in [2.05, 4.69) is 5.32 Å². The Labute approximate surface area is 153 Å². The highest BCUT2D eigenvalue weighted by atomic mass is 35.5. The number of para-hydroxylation sites is 1. The maximum atomic E-state index is 12.8. The minimum absolute atomic E-state index is 0.170. The van der Waals surface area contributed by atoms with Gasteiger partial charge in [0.25, 0.3) is 0 Å². The van der Waals surface area contributed by atoms with Crippen LogP contribution in [0.2, 0.25) is 5.02 Å². The number of benzene rings is 2. The molecule has 2 aromatic carbocycles. The Bertz CT molecular complexity index is 858. The summed E-state index contributed by atoms with van der Waals surface area (Å²) in [5.74, 6) is -4.07. The van der Waals surface area contributed by atoms with Crippen LogP contribution in [0.1, 0.15) is 6.92 Å². The molecule has 0 fully saturated rings. The second kappa shape index (κ2) is 8.16. The van der Waals surface area contributed by atoms with Gasteiger partial charge in [-0.3, -0.25) is 4.79 Å². The van der Waals surface area contributed by atoms with Crippen LogP contribution in [0.3, 0.4) is 0 Å². The van der Waals surface area contributed by atoms with E-state index in [-0.39, 0.29) is 5.69 Å². The van der Waals surface area contributed by atoms with Gasteiger partial charge in [-0.15, -0.1) is 11.8 Å². The Morgan fingerprint density at radius 2 is 1.72 bits per heavy atom. The fourth-order valence-electron chi connectivity index (χ4n) is 1.92. The van der Waals surface area contributed by atoms with Crippen LogP contribution in [0.15, 0.2) is 58.3 Å². The van der Waals surface area contributed by atoms with Gasteiger partial charge in [-0.25, -0.2) is 8.42 Å². The molecule has 0 aliphatic carbocycles. The standard InChI is InChI=1S/C16H14ClF2NO3S2/c1-10(24-12-8-6-11(17)7-9-12)15(21)20-13-4-2-3-5-14(13)25(22,23)16(18)19/h2-10,16H,1H3,(H,20,21). The zero-order chi connectivity index (χ0) is 18.6. The van der Waals surface area contributed by atoms with Crippen molar-refractivity contribution in [3.63, 3.8) is 0 Å². The highest BCUT2D eigenvalue weighted by Crippen LogP contribution is 2.29. The molecule has 2 aromatic rings. The van der Waals surface area contributed by atoms with Crippen molar-refractivity contribution in [2.75, 3.05) is 5.32 Å². The quantitative estimate of drug-likeness (QED) is 0.721. The molecule has 0 radical (unpaired) electrons. The lowest BCUT2D eigenvalue weighted by atomic mass is 10.3. The van der Waals surface area contributed by atoms with Gasteiger partial charge in [-0.1, -0.05) is 23.7 Å². The Morgan fingerprint density at radius 3 is 2.32 bits per heavy atom. The summed E-state index contributed by atoms with van der Waals surface area (Å²) < 4.78 is 49.0. The Kier molecular flexibility index (Phi) is 6.42. The van der Waals surface area contributed by atoms with E-state index < -0.39 is 31.6 Å². The lowest BCUT2D eigenvalue weighted by molar-refractivity contribution is -0.115. The van der Waals surface area contributed by atoms with Crippen molar-refractivity contribution in [3.05, 3.63) is 53.6 Å². The lowest BCUT2D eigenvalue weighted by Gasteiger charge is -2.15. The van der Waals surface area contributed by atoms with Gasteiger partial charge in [-0.05, 0) is 43.3 Å². The summed E-state index contributed by atoms with van der Waals surface area (Å²) in [4.78, 5) is 12.5. The first-order valence-corrected chi connectivity index (χ1v) is 9.86. The van der Waals surface area contributed by atoms with Crippen molar-refractivity contribution in [2.45, 2.75) is 27.7 Å². The highest BCUT2D eigenvalue weighted by Gasteiger charge is 2.29. The van der Waals surface area contributed by atoms with Gasteiger partial charge >= 0.3 is 5.76 Å². The van der Waals surface area contributed by atoms with Crippen molar-refractivity contribution in [1.29, 1.82) is 0 Å². The van der Waals surface area contributed by atoms with Gasteiger partial charge in [-0.2, -0.15) is 8.78 Å². The van der Waals surface area contributed by atoms with Crippen molar-refractivity contribution in [1.82, 2.24) is 0 Å². The van der Waals surface area contributed by atoms with E-state index >= 15 is 0 Å². The summed E-state index contributed by atoms with van der Waals surface area (Å²) in [5, 5.41) is 2.39. The number of hydrogen-bond acceptors (Lipinski definition) is 4. The van der Waals surface area contributed by atoms with E-state index in [0.29, 0.717) is 5.02 Å². The summed E-state index contributed by atoms with van der Waals surface area (Å²) in [7, 11) is -4.81. The topological polar surface area (TPSA) is 63.2 Å². The van der Waals surface area contributed by atoms with E-state index in [4.69, 9.17) is 11.6 Å². The van der Waals surface area contributed by atoms with Crippen molar-refractivity contribution < 1.29 is 22.0 Å². The van der Waals surface area contributed by atoms with Crippen LogP contribution in [0, 0.1) is 0 Å². The minimum atomic E-state index is -4.81. The molecule has 0 aromatic heterocycles. The number of rotatable bonds is 6. The van der Waals surface area contributed by atoms with Gasteiger partial charge in [0.15, 0.2) is 0 Å². The molecule has 0 aliphatic heterocycles. The average Bonchev–Trinajstić information content (AvgIpc) is 2.57.